The van der Waals surface area contributed by atoms with Crippen LogP contribution in [-0.2, 0) is 9.59 Å². The summed E-state index contributed by atoms with van der Waals surface area (Å²) in [7, 11) is 0. The Morgan fingerprint density at radius 1 is 1.75 bits per heavy atom. The summed E-state index contributed by atoms with van der Waals surface area (Å²) in [5.41, 5.74) is 0.650. The maximum Gasteiger partial charge on any atom is 0.248 e. The molecular formula is C8H12N2O2. The molecule has 1 fully saturated rings. The zero-order chi connectivity index (χ0) is 8.97. The first-order chi connectivity index (χ1) is 5.74. The van der Waals surface area contributed by atoms with E-state index >= 15 is 0 Å². The Hall–Kier alpha value is -1.32. The van der Waals surface area contributed by atoms with Crippen LogP contribution >= 0.6 is 0 Å². The molecule has 1 heterocycles. The van der Waals surface area contributed by atoms with Crippen LogP contribution in [0.5, 0.6) is 0 Å². The number of hydrogen-bond acceptors (Lipinski definition) is 2. The van der Waals surface area contributed by atoms with E-state index < -0.39 is 0 Å². The predicted octanol–water partition coefficient (Wildman–Crippen LogP) is -0.0836. The predicted molar refractivity (Wildman–Crippen MR) is 44.1 cm³/mol. The van der Waals surface area contributed by atoms with E-state index in [1.807, 2.05) is 0 Å². The molecule has 0 saturated carbocycles. The first kappa shape index (κ1) is 8.77. The molecule has 1 rings (SSSR count). The fourth-order valence-corrected chi connectivity index (χ4v) is 0.945. The third kappa shape index (κ3) is 2.08. The molecule has 2 amide bonds. The third-order valence-electron chi connectivity index (χ3n) is 1.70. The smallest absolute Gasteiger partial charge is 0.248 e. The quantitative estimate of drug-likeness (QED) is 0.566. The van der Waals surface area contributed by atoms with E-state index in [1.165, 1.54) is 6.20 Å². The van der Waals surface area contributed by atoms with Gasteiger partial charge in [-0.15, -0.1) is 0 Å². The average molecular weight is 168 g/mol. The first-order valence-electron chi connectivity index (χ1n) is 4.00. The second kappa shape index (κ2) is 3.90. The molecule has 12 heavy (non-hydrogen) atoms. The van der Waals surface area contributed by atoms with Crippen LogP contribution in [0.3, 0.4) is 0 Å². The van der Waals surface area contributed by atoms with Gasteiger partial charge in [-0.1, -0.05) is 6.92 Å². The van der Waals surface area contributed by atoms with Gasteiger partial charge in [0.1, 0.15) is 0 Å². The first-order valence-corrected chi connectivity index (χ1v) is 4.00. The van der Waals surface area contributed by atoms with Crippen LogP contribution in [0.1, 0.15) is 19.8 Å². The van der Waals surface area contributed by atoms with Crippen molar-refractivity contribution in [2.45, 2.75) is 19.8 Å². The van der Waals surface area contributed by atoms with Gasteiger partial charge in [0.25, 0.3) is 0 Å². The highest BCUT2D eigenvalue weighted by Gasteiger charge is 2.15. The van der Waals surface area contributed by atoms with Gasteiger partial charge in [0.05, 0.1) is 0 Å². The fourth-order valence-electron chi connectivity index (χ4n) is 0.945. The van der Waals surface area contributed by atoms with E-state index in [9.17, 15) is 9.59 Å². The van der Waals surface area contributed by atoms with Gasteiger partial charge in [-0.05, 0) is 6.42 Å². The van der Waals surface area contributed by atoms with E-state index in [4.69, 9.17) is 0 Å². The lowest BCUT2D eigenvalue weighted by Gasteiger charge is -1.96. The Morgan fingerprint density at radius 2 is 2.50 bits per heavy atom. The summed E-state index contributed by atoms with van der Waals surface area (Å²) in [4.78, 5) is 21.7. The maximum atomic E-state index is 10.9. The summed E-state index contributed by atoms with van der Waals surface area (Å²) < 4.78 is 0. The third-order valence-corrected chi connectivity index (χ3v) is 1.70. The largest absolute Gasteiger partial charge is 0.352 e. The molecule has 0 aromatic carbocycles. The SMILES string of the molecule is CCC(=O)NC=C1CCNC1=O. The second-order valence-corrected chi connectivity index (χ2v) is 2.60. The van der Waals surface area contributed by atoms with Gasteiger partial charge in [-0.3, -0.25) is 9.59 Å². The van der Waals surface area contributed by atoms with Crippen molar-refractivity contribution in [2.75, 3.05) is 6.54 Å². The summed E-state index contributed by atoms with van der Waals surface area (Å²) in [6.45, 7) is 2.44. The second-order valence-electron chi connectivity index (χ2n) is 2.60. The molecule has 1 saturated heterocycles. The van der Waals surface area contributed by atoms with E-state index in [2.05, 4.69) is 10.6 Å². The molecule has 1 aliphatic heterocycles. The maximum absolute atomic E-state index is 10.9. The number of rotatable bonds is 2. The van der Waals surface area contributed by atoms with E-state index in [1.54, 1.807) is 6.92 Å². The lowest BCUT2D eigenvalue weighted by Crippen LogP contribution is -2.19. The van der Waals surface area contributed by atoms with Gasteiger partial charge in [0.2, 0.25) is 11.8 Å². The highest BCUT2D eigenvalue weighted by atomic mass is 16.2. The van der Waals surface area contributed by atoms with Crippen LogP contribution < -0.4 is 10.6 Å². The Bertz CT molecular complexity index is 233. The van der Waals surface area contributed by atoms with Crippen molar-refractivity contribution in [3.05, 3.63) is 11.8 Å². The van der Waals surface area contributed by atoms with Crippen LogP contribution in [0, 0.1) is 0 Å². The standard InChI is InChI=1S/C8H12N2O2/c1-2-7(11)10-5-6-3-4-9-8(6)12/h5H,2-4H2,1H3,(H,9,12)(H,10,11). The Labute approximate surface area is 71.0 Å². The van der Waals surface area contributed by atoms with Crippen LogP contribution in [0.25, 0.3) is 0 Å². The Balaban J connectivity index is 2.46. The summed E-state index contributed by atoms with van der Waals surface area (Å²) in [5, 5.41) is 5.20. The molecule has 4 nitrogen and oxygen atoms in total. The van der Waals surface area contributed by atoms with Crippen molar-refractivity contribution in [1.82, 2.24) is 10.6 Å². The average Bonchev–Trinajstić information content (AvgIpc) is 2.47. The zero-order valence-electron chi connectivity index (χ0n) is 7.02. The molecule has 0 unspecified atom stereocenters. The zero-order valence-corrected chi connectivity index (χ0v) is 7.02. The number of amides is 2. The molecule has 0 atom stereocenters. The van der Waals surface area contributed by atoms with Gasteiger partial charge < -0.3 is 10.6 Å². The Morgan fingerprint density at radius 3 is 3.00 bits per heavy atom. The van der Waals surface area contributed by atoms with Gasteiger partial charge in [-0.25, -0.2) is 0 Å². The van der Waals surface area contributed by atoms with Crippen molar-refractivity contribution >= 4 is 11.8 Å². The van der Waals surface area contributed by atoms with Crippen LogP contribution in [0.4, 0.5) is 0 Å². The molecule has 4 heteroatoms. The normalized spacial score (nSPS) is 19.4. The number of carbonyl (C=O) groups excluding carboxylic acids is 2. The number of hydrogen-bond donors (Lipinski definition) is 2. The van der Waals surface area contributed by atoms with Crippen LogP contribution in [0.2, 0.25) is 0 Å². The summed E-state index contributed by atoms with van der Waals surface area (Å²) in [5.74, 6) is -0.145. The molecule has 0 spiro atoms. The lowest BCUT2D eigenvalue weighted by atomic mass is 10.2. The highest BCUT2D eigenvalue weighted by molar-refractivity contribution is 5.95. The van der Waals surface area contributed by atoms with Crippen molar-refractivity contribution in [1.29, 1.82) is 0 Å². The lowest BCUT2D eigenvalue weighted by molar-refractivity contribution is -0.119. The molecule has 0 aromatic rings. The monoisotopic (exact) mass is 168 g/mol. The van der Waals surface area contributed by atoms with Crippen molar-refractivity contribution in [3.63, 3.8) is 0 Å². The summed E-state index contributed by atoms with van der Waals surface area (Å²) in [6.07, 6.45) is 2.63. The van der Waals surface area contributed by atoms with Crippen LogP contribution in [0.15, 0.2) is 11.8 Å². The fraction of sp³-hybridized carbons (Fsp3) is 0.500. The Kier molecular flexibility index (Phi) is 2.85. The minimum absolute atomic E-state index is 0.0674. The molecular weight excluding hydrogens is 156 g/mol. The van der Waals surface area contributed by atoms with Gasteiger partial charge in [-0.2, -0.15) is 0 Å². The van der Waals surface area contributed by atoms with Crippen molar-refractivity contribution < 1.29 is 9.59 Å². The van der Waals surface area contributed by atoms with Gasteiger partial charge >= 0.3 is 0 Å². The highest BCUT2D eigenvalue weighted by Crippen LogP contribution is 2.05. The minimum atomic E-state index is -0.0774. The molecule has 0 aliphatic carbocycles. The minimum Gasteiger partial charge on any atom is -0.352 e. The molecule has 0 bridgehead atoms. The molecule has 0 radical (unpaired) electrons. The van der Waals surface area contributed by atoms with Crippen LogP contribution in [-0.4, -0.2) is 18.4 Å². The summed E-state index contributed by atoms with van der Waals surface area (Å²) >= 11 is 0. The van der Waals surface area contributed by atoms with Crippen molar-refractivity contribution in [3.8, 4) is 0 Å². The van der Waals surface area contributed by atoms with E-state index in [0.29, 0.717) is 25.0 Å². The molecule has 1 aliphatic rings. The van der Waals surface area contributed by atoms with E-state index in [-0.39, 0.29) is 11.8 Å². The molecule has 2 N–H and O–H groups in total. The van der Waals surface area contributed by atoms with Gasteiger partial charge in [0, 0.05) is 24.7 Å². The topological polar surface area (TPSA) is 58.2 Å². The molecule has 0 aromatic heterocycles. The number of nitrogens with one attached hydrogen (secondary N) is 2. The molecule has 66 valence electrons. The van der Waals surface area contributed by atoms with Gasteiger partial charge in [0.15, 0.2) is 0 Å². The van der Waals surface area contributed by atoms with E-state index in [0.717, 1.165) is 0 Å². The summed E-state index contributed by atoms with van der Waals surface area (Å²) in [6, 6.07) is 0. The number of carbonyl (C=O) groups is 2. The van der Waals surface area contributed by atoms with Crippen molar-refractivity contribution in [2.24, 2.45) is 0 Å².